The summed E-state index contributed by atoms with van der Waals surface area (Å²) in [6, 6.07) is 3.23. The van der Waals surface area contributed by atoms with Crippen LogP contribution >= 0.6 is 11.6 Å². The average Bonchev–Trinajstić information content (AvgIpc) is 3.04. The molecule has 7 nitrogen and oxygen atoms in total. The topological polar surface area (TPSA) is 87.5 Å². The molecule has 0 aliphatic carbocycles. The SMILES string of the molecule is CCOC(=O)c1nn(CC(=O)c2ccc(Cl)c(F)c2)c(C(=O)OCC)c1C(C)(F)F. The summed E-state index contributed by atoms with van der Waals surface area (Å²) in [6.45, 7) is 2.37. The van der Waals surface area contributed by atoms with Crippen LogP contribution in [0.5, 0.6) is 0 Å². The molecule has 0 N–H and O–H groups in total. The minimum atomic E-state index is -3.68. The zero-order valence-corrected chi connectivity index (χ0v) is 17.1. The van der Waals surface area contributed by atoms with Crippen molar-refractivity contribution in [1.29, 1.82) is 0 Å². The van der Waals surface area contributed by atoms with Gasteiger partial charge in [-0.15, -0.1) is 0 Å². The maximum atomic E-state index is 14.3. The van der Waals surface area contributed by atoms with Crippen molar-refractivity contribution in [3.63, 3.8) is 0 Å². The maximum absolute atomic E-state index is 14.3. The van der Waals surface area contributed by atoms with E-state index in [1.165, 1.54) is 19.9 Å². The number of halogens is 4. The number of ether oxygens (including phenoxy) is 2. The molecule has 0 saturated carbocycles. The molecule has 1 aromatic heterocycles. The summed E-state index contributed by atoms with van der Waals surface area (Å²) in [6.07, 6.45) is 0. The number of alkyl halides is 2. The molecule has 11 heteroatoms. The molecule has 0 unspecified atom stereocenters. The summed E-state index contributed by atoms with van der Waals surface area (Å²) in [7, 11) is 0. The first-order valence-corrected chi connectivity index (χ1v) is 9.20. The van der Waals surface area contributed by atoms with Gasteiger partial charge in [0.05, 0.1) is 23.8 Å². The second-order valence-electron chi connectivity index (χ2n) is 6.11. The number of rotatable bonds is 8. The molecule has 0 saturated heterocycles. The minimum Gasteiger partial charge on any atom is -0.461 e. The molecule has 162 valence electrons. The number of hydrogen-bond donors (Lipinski definition) is 0. The van der Waals surface area contributed by atoms with Crippen LogP contribution in [0.3, 0.4) is 0 Å². The Kier molecular flexibility index (Phi) is 7.25. The average molecular weight is 447 g/mol. The Bertz CT molecular complexity index is 985. The molecule has 0 aliphatic heterocycles. The third-order valence-electron chi connectivity index (χ3n) is 3.86. The van der Waals surface area contributed by atoms with Gasteiger partial charge in [0.1, 0.15) is 12.4 Å². The van der Waals surface area contributed by atoms with Crippen LogP contribution < -0.4 is 0 Å². The molecule has 0 radical (unpaired) electrons. The van der Waals surface area contributed by atoms with E-state index in [4.69, 9.17) is 21.1 Å². The van der Waals surface area contributed by atoms with Crippen molar-refractivity contribution in [2.45, 2.75) is 33.2 Å². The standard InChI is InChI=1S/C19H18ClF3N2O5/c1-4-29-17(27)15-14(19(3,22)23)16(18(28)30-5-2)25(24-15)9-13(26)10-6-7-11(20)12(21)8-10/h6-8H,4-5,9H2,1-3H3. The smallest absolute Gasteiger partial charge is 0.359 e. The van der Waals surface area contributed by atoms with Gasteiger partial charge in [-0.05, 0) is 32.0 Å². The highest BCUT2D eigenvalue weighted by Gasteiger charge is 2.41. The molecule has 0 aliphatic rings. The van der Waals surface area contributed by atoms with Crippen LogP contribution in [0.4, 0.5) is 13.2 Å². The third-order valence-corrected chi connectivity index (χ3v) is 4.17. The molecular weight excluding hydrogens is 429 g/mol. The number of Topliss-reactive ketones (excluding diaryl/α,β-unsaturated/α-hetero) is 1. The van der Waals surface area contributed by atoms with Crippen molar-refractivity contribution in [2.75, 3.05) is 13.2 Å². The van der Waals surface area contributed by atoms with Gasteiger partial charge in [0.2, 0.25) is 0 Å². The van der Waals surface area contributed by atoms with E-state index in [1.807, 2.05) is 0 Å². The number of benzene rings is 1. The van der Waals surface area contributed by atoms with Gasteiger partial charge in [-0.25, -0.2) is 27.4 Å². The van der Waals surface area contributed by atoms with Crippen molar-refractivity contribution < 1.29 is 37.0 Å². The molecule has 0 spiro atoms. The molecule has 2 rings (SSSR count). The van der Waals surface area contributed by atoms with Crippen molar-refractivity contribution in [1.82, 2.24) is 9.78 Å². The fraction of sp³-hybridized carbons (Fsp3) is 0.368. The van der Waals surface area contributed by atoms with Crippen LogP contribution in [0.15, 0.2) is 18.2 Å². The van der Waals surface area contributed by atoms with Crippen LogP contribution in [0.1, 0.15) is 57.7 Å². The second kappa shape index (κ2) is 9.29. The summed E-state index contributed by atoms with van der Waals surface area (Å²) in [5.41, 5.74) is -2.74. The fourth-order valence-electron chi connectivity index (χ4n) is 2.64. The Balaban J connectivity index is 2.61. The van der Waals surface area contributed by atoms with E-state index < -0.39 is 53.0 Å². The number of hydrogen-bond acceptors (Lipinski definition) is 6. The quantitative estimate of drug-likeness (QED) is 0.449. The molecule has 30 heavy (non-hydrogen) atoms. The van der Waals surface area contributed by atoms with Crippen LogP contribution in [-0.2, 0) is 21.9 Å². The Labute approximate surface area is 174 Å². The maximum Gasteiger partial charge on any atom is 0.359 e. The number of aromatic nitrogens is 2. The van der Waals surface area contributed by atoms with E-state index in [-0.39, 0.29) is 23.8 Å². The highest BCUT2D eigenvalue weighted by atomic mass is 35.5. The Hall–Kier alpha value is -2.88. The lowest BCUT2D eigenvalue weighted by atomic mass is 10.1. The predicted octanol–water partition coefficient (Wildman–Crippen LogP) is 4.02. The Morgan fingerprint density at radius 1 is 1.13 bits per heavy atom. The van der Waals surface area contributed by atoms with E-state index in [1.54, 1.807) is 0 Å². The van der Waals surface area contributed by atoms with Gasteiger partial charge in [-0.1, -0.05) is 11.6 Å². The van der Waals surface area contributed by atoms with Crippen molar-refractivity contribution >= 4 is 29.3 Å². The molecule has 0 bridgehead atoms. The van der Waals surface area contributed by atoms with Crippen LogP contribution in [-0.4, -0.2) is 40.7 Å². The first kappa shape index (κ1) is 23.4. The summed E-state index contributed by atoms with van der Waals surface area (Å²) in [5.74, 6) is -7.70. The minimum absolute atomic E-state index is 0.127. The largest absolute Gasteiger partial charge is 0.461 e. The molecule has 0 amide bonds. The lowest BCUT2D eigenvalue weighted by Gasteiger charge is -2.13. The first-order chi connectivity index (χ1) is 14.0. The second-order valence-corrected chi connectivity index (χ2v) is 6.52. The third kappa shape index (κ3) is 4.99. The predicted molar refractivity (Wildman–Crippen MR) is 99.4 cm³/mol. The van der Waals surface area contributed by atoms with Crippen LogP contribution in [0.25, 0.3) is 0 Å². The van der Waals surface area contributed by atoms with Gasteiger partial charge in [0, 0.05) is 12.5 Å². The summed E-state index contributed by atoms with van der Waals surface area (Å²) in [5, 5.41) is 3.51. The van der Waals surface area contributed by atoms with Gasteiger partial charge < -0.3 is 9.47 Å². The summed E-state index contributed by atoms with van der Waals surface area (Å²) < 4.78 is 52.5. The number of nitrogens with zero attached hydrogens (tertiary/aromatic N) is 2. The van der Waals surface area contributed by atoms with Gasteiger partial charge in [0.25, 0.3) is 5.92 Å². The number of carbonyl (C=O) groups excluding carboxylic acids is 3. The van der Waals surface area contributed by atoms with E-state index in [2.05, 4.69) is 5.10 Å². The van der Waals surface area contributed by atoms with Gasteiger partial charge >= 0.3 is 11.9 Å². The van der Waals surface area contributed by atoms with Crippen LogP contribution in [0, 0.1) is 5.82 Å². The molecular formula is C19H18ClF3N2O5. The summed E-state index contributed by atoms with van der Waals surface area (Å²) in [4.78, 5) is 37.1. The van der Waals surface area contributed by atoms with Crippen molar-refractivity contribution in [3.8, 4) is 0 Å². The van der Waals surface area contributed by atoms with E-state index in [0.717, 1.165) is 12.1 Å². The van der Waals surface area contributed by atoms with Crippen molar-refractivity contribution in [3.05, 3.63) is 51.6 Å². The van der Waals surface area contributed by atoms with Crippen LogP contribution in [0.2, 0.25) is 5.02 Å². The number of esters is 2. The van der Waals surface area contributed by atoms with Gasteiger partial charge in [0.15, 0.2) is 17.2 Å². The number of ketones is 1. The monoisotopic (exact) mass is 446 g/mol. The summed E-state index contributed by atoms with van der Waals surface area (Å²) >= 11 is 5.59. The Morgan fingerprint density at radius 2 is 1.73 bits per heavy atom. The molecule has 1 aromatic carbocycles. The normalized spacial score (nSPS) is 11.3. The number of carbonyl (C=O) groups is 3. The highest BCUT2D eigenvalue weighted by molar-refractivity contribution is 6.30. The fourth-order valence-corrected chi connectivity index (χ4v) is 2.76. The van der Waals surface area contributed by atoms with Gasteiger partial charge in [-0.3, -0.25) is 4.79 Å². The lowest BCUT2D eigenvalue weighted by Crippen LogP contribution is -2.22. The molecule has 0 fully saturated rings. The van der Waals surface area contributed by atoms with E-state index in [9.17, 15) is 27.6 Å². The molecule has 0 atom stereocenters. The zero-order valence-electron chi connectivity index (χ0n) is 16.3. The Morgan fingerprint density at radius 3 is 2.27 bits per heavy atom. The van der Waals surface area contributed by atoms with Gasteiger partial charge in [-0.2, -0.15) is 5.10 Å². The first-order valence-electron chi connectivity index (χ1n) is 8.82. The molecule has 2 aromatic rings. The highest BCUT2D eigenvalue weighted by Crippen LogP contribution is 2.34. The van der Waals surface area contributed by atoms with E-state index in [0.29, 0.717) is 11.6 Å². The molecule has 1 heterocycles. The van der Waals surface area contributed by atoms with Crippen molar-refractivity contribution in [2.24, 2.45) is 0 Å². The van der Waals surface area contributed by atoms with E-state index >= 15 is 0 Å². The zero-order chi connectivity index (χ0) is 22.6. The lowest BCUT2D eigenvalue weighted by molar-refractivity contribution is 0.0113.